The molecule has 0 saturated carbocycles. The van der Waals surface area contributed by atoms with Crippen LogP contribution in [0.2, 0.25) is 0 Å². The van der Waals surface area contributed by atoms with E-state index in [-0.39, 0.29) is 0 Å². The van der Waals surface area contributed by atoms with Crippen molar-refractivity contribution in [1.82, 2.24) is 0 Å². The average Bonchev–Trinajstić information content (AvgIpc) is 2.35. The molecule has 0 N–H and O–H groups in total. The zero-order valence-corrected chi connectivity index (χ0v) is 12.2. The minimum Gasteiger partial charge on any atom is -0.0914 e. The van der Waals surface area contributed by atoms with E-state index < -0.39 is 0 Å². The van der Waals surface area contributed by atoms with Crippen molar-refractivity contribution in [2.75, 3.05) is 0 Å². The van der Waals surface area contributed by atoms with Gasteiger partial charge in [0.25, 0.3) is 0 Å². The maximum atomic E-state index is 2.29. The van der Waals surface area contributed by atoms with E-state index in [9.17, 15) is 0 Å². The lowest BCUT2D eigenvalue weighted by Gasteiger charge is -2.02. The third-order valence-electron chi connectivity index (χ3n) is 3.30. The van der Waals surface area contributed by atoms with Crippen molar-refractivity contribution in [3.8, 4) is 0 Å². The first-order valence-corrected chi connectivity index (χ1v) is 7.86. The highest BCUT2D eigenvalue weighted by Gasteiger charge is 1.92. The highest BCUT2D eigenvalue weighted by Crippen LogP contribution is 2.12. The van der Waals surface area contributed by atoms with Gasteiger partial charge in [-0.15, -0.1) is 0 Å². The summed E-state index contributed by atoms with van der Waals surface area (Å²) >= 11 is 0. The molecule has 0 fully saturated rings. The summed E-state index contributed by atoms with van der Waals surface area (Å²) < 4.78 is 0. The molecular weight excluding hydrogens is 204 g/mol. The lowest BCUT2D eigenvalue weighted by atomic mass is 10.0. The number of hydrogen-bond donors (Lipinski definition) is 0. The first kappa shape index (κ1) is 16.7. The molecule has 101 valence electrons. The van der Waals surface area contributed by atoms with Gasteiger partial charge in [0.15, 0.2) is 0 Å². The molecule has 0 saturated heterocycles. The average molecular weight is 237 g/mol. The molecule has 0 heterocycles. The van der Waals surface area contributed by atoms with E-state index in [1.807, 2.05) is 0 Å². The summed E-state index contributed by atoms with van der Waals surface area (Å²) in [6.07, 6.45) is 23.6. The van der Waals surface area contributed by atoms with Crippen LogP contribution in [0.5, 0.6) is 0 Å². The smallest absolute Gasteiger partial charge is 0.0171 e. The zero-order valence-electron chi connectivity index (χ0n) is 12.2. The van der Waals surface area contributed by atoms with Gasteiger partial charge in [-0.1, -0.05) is 89.7 Å². The first-order valence-electron chi connectivity index (χ1n) is 7.86. The highest BCUT2D eigenvalue weighted by molar-refractivity contribution is 4.91. The molecule has 17 heavy (non-hydrogen) atoms. The Hall–Kier alpha value is -0.260. The van der Waals surface area contributed by atoms with Crippen molar-refractivity contribution in [3.63, 3.8) is 0 Å². The molecule has 0 unspecified atom stereocenters. The van der Waals surface area contributed by atoms with Gasteiger partial charge in [-0.05, 0) is 19.8 Å². The van der Waals surface area contributed by atoms with Crippen molar-refractivity contribution in [1.29, 1.82) is 0 Å². The Morgan fingerprint density at radius 3 is 1.59 bits per heavy atom. The predicted molar refractivity (Wildman–Crippen MR) is 80.2 cm³/mol. The topological polar surface area (TPSA) is 0 Å². The maximum Gasteiger partial charge on any atom is -0.0171 e. The Morgan fingerprint density at radius 1 is 0.647 bits per heavy atom. The third-order valence-corrected chi connectivity index (χ3v) is 3.30. The standard InChI is InChI=1S/C17H33/c1-3-5-7-9-11-13-15-17-16-14-12-10-8-6-4-2/h3,5,7H,4,6,8-17H2,1-2H3/b5-3+. The van der Waals surface area contributed by atoms with E-state index in [0.717, 1.165) is 0 Å². The molecule has 0 aliphatic carbocycles. The van der Waals surface area contributed by atoms with Gasteiger partial charge in [-0.2, -0.15) is 0 Å². The zero-order chi connectivity index (χ0) is 12.6. The van der Waals surface area contributed by atoms with Crippen LogP contribution >= 0.6 is 0 Å². The molecule has 0 aliphatic heterocycles. The maximum absolute atomic E-state index is 2.29. The highest BCUT2D eigenvalue weighted by atomic mass is 14.0. The fourth-order valence-electron chi connectivity index (χ4n) is 2.16. The van der Waals surface area contributed by atoms with Gasteiger partial charge < -0.3 is 0 Å². The minimum atomic E-state index is 1.27. The Kier molecular flexibility index (Phi) is 15.5. The second-order valence-electron chi connectivity index (χ2n) is 5.09. The second kappa shape index (κ2) is 15.7. The molecule has 0 bridgehead atoms. The van der Waals surface area contributed by atoms with E-state index in [0.29, 0.717) is 0 Å². The summed E-state index contributed by atoms with van der Waals surface area (Å²) in [6, 6.07) is 0. The lowest BCUT2D eigenvalue weighted by molar-refractivity contribution is 0.549. The second-order valence-corrected chi connectivity index (χ2v) is 5.09. The van der Waals surface area contributed by atoms with Gasteiger partial charge in [0.2, 0.25) is 0 Å². The Morgan fingerprint density at radius 2 is 1.12 bits per heavy atom. The van der Waals surface area contributed by atoms with E-state index in [2.05, 4.69) is 32.4 Å². The van der Waals surface area contributed by atoms with Crippen LogP contribution in [0.4, 0.5) is 0 Å². The summed E-state index contributed by atoms with van der Waals surface area (Å²) in [5, 5.41) is 0. The van der Waals surface area contributed by atoms with Gasteiger partial charge in [0.05, 0.1) is 0 Å². The minimum absolute atomic E-state index is 1.27. The van der Waals surface area contributed by atoms with E-state index in [4.69, 9.17) is 0 Å². The van der Waals surface area contributed by atoms with Crippen molar-refractivity contribution in [2.24, 2.45) is 0 Å². The monoisotopic (exact) mass is 237 g/mol. The molecule has 0 spiro atoms. The summed E-state index contributed by atoms with van der Waals surface area (Å²) in [6.45, 7) is 4.37. The van der Waals surface area contributed by atoms with Gasteiger partial charge in [0, 0.05) is 0 Å². The van der Waals surface area contributed by atoms with Crippen LogP contribution in [-0.2, 0) is 0 Å². The number of unbranched alkanes of at least 4 members (excludes halogenated alkanes) is 12. The van der Waals surface area contributed by atoms with Crippen LogP contribution in [0.25, 0.3) is 0 Å². The molecule has 0 amide bonds. The summed E-state index contributed by atoms with van der Waals surface area (Å²) in [5.41, 5.74) is 0. The summed E-state index contributed by atoms with van der Waals surface area (Å²) in [5.74, 6) is 0. The van der Waals surface area contributed by atoms with E-state index in [1.54, 1.807) is 0 Å². The fourth-order valence-corrected chi connectivity index (χ4v) is 2.16. The molecule has 0 heteroatoms. The molecule has 0 aromatic heterocycles. The molecular formula is C17H33. The van der Waals surface area contributed by atoms with Crippen molar-refractivity contribution >= 4 is 0 Å². The summed E-state index contributed by atoms with van der Waals surface area (Å²) in [4.78, 5) is 0. The molecule has 0 nitrogen and oxygen atoms in total. The van der Waals surface area contributed by atoms with Gasteiger partial charge in [-0.3, -0.25) is 0 Å². The lowest BCUT2D eigenvalue weighted by Crippen LogP contribution is -1.82. The van der Waals surface area contributed by atoms with Gasteiger partial charge >= 0.3 is 0 Å². The van der Waals surface area contributed by atoms with Crippen LogP contribution in [0.15, 0.2) is 12.2 Å². The predicted octanol–water partition coefficient (Wildman–Crippen LogP) is 6.47. The van der Waals surface area contributed by atoms with Crippen molar-refractivity contribution < 1.29 is 0 Å². The van der Waals surface area contributed by atoms with E-state index >= 15 is 0 Å². The SMILES string of the molecule is C/C=C/[CH]CCCCCCCCCCCCC. The molecule has 0 aromatic rings. The van der Waals surface area contributed by atoms with Gasteiger partial charge in [0.1, 0.15) is 0 Å². The van der Waals surface area contributed by atoms with Gasteiger partial charge in [-0.25, -0.2) is 0 Å². The number of hydrogen-bond acceptors (Lipinski definition) is 0. The first-order chi connectivity index (χ1) is 8.41. The fraction of sp³-hybridized carbons (Fsp3) is 0.824. The number of allylic oxidation sites excluding steroid dienone is 2. The molecule has 0 aromatic carbocycles. The van der Waals surface area contributed by atoms with E-state index in [1.165, 1.54) is 77.0 Å². The number of rotatable bonds is 13. The van der Waals surface area contributed by atoms with Crippen LogP contribution in [-0.4, -0.2) is 0 Å². The van der Waals surface area contributed by atoms with Crippen LogP contribution in [0.1, 0.15) is 90.9 Å². The Balaban J connectivity index is 2.89. The quantitative estimate of drug-likeness (QED) is 0.322. The van der Waals surface area contributed by atoms with Crippen LogP contribution < -0.4 is 0 Å². The van der Waals surface area contributed by atoms with Crippen molar-refractivity contribution in [3.05, 3.63) is 18.6 Å². The largest absolute Gasteiger partial charge is 0.0914 e. The molecule has 0 rings (SSSR count). The molecule has 0 aliphatic rings. The third kappa shape index (κ3) is 15.7. The Bertz CT molecular complexity index is 146. The Labute approximate surface area is 110 Å². The normalized spacial score (nSPS) is 11.4. The van der Waals surface area contributed by atoms with Crippen LogP contribution in [0.3, 0.4) is 0 Å². The van der Waals surface area contributed by atoms with Crippen molar-refractivity contribution in [2.45, 2.75) is 90.9 Å². The molecule has 0 atom stereocenters. The molecule has 1 radical (unpaired) electrons. The van der Waals surface area contributed by atoms with Crippen LogP contribution in [0, 0.1) is 6.42 Å². The summed E-state index contributed by atoms with van der Waals surface area (Å²) in [7, 11) is 0.